The van der Waals surface area contributed by atoms with E-state index in [-0.39, 0.29) is 23.7 Å². The maximum Gasteiger partial charge on any atom is 0.165 e. The molecule has 0 aliphatic carbocycles. The number of benzene rings is 2. The molecular weight excluding hydrogens is 285 g/mol. The lowest BCUT2D eigenvalue weighted by molar-refractivity contribution is 0.430. The van der Waals surface area contributed by atoms with Crippen LogP contribution in [0.3, 0.4) is 0 Å². The van der Waals surface area contributed by atoms with Gasteiger partial charge in [0.25, 0.3) is 0 Å². The maximum atomic E-state index is 13.4. The van der Waals surface area contributed by atoms with Gasteiger partial charge in [0.1, 0.15) is 5.75 Å². The lowest BCUT2D eigenvalue weighted by Crippen LogP contribution is -2.36. The van der Waals surface area contributed by atoms with Crippen LogP contribution in [0.5, 0.6) is 11.5 Å². The first-order valence-electron chi connectivity index (χ1n) is 7.08. The minimum Gasteiger partial charge on any atom is -0.508 e. The van der Waals surface area contributed by atoms with E-state index in [0.717, 1.165) is 16.8 Å². The van der Waals surface area contributed by atoms with Crippen molar-refractivity contribution in [1.82, 2.24) is 10.9 Å². The van der Waals surface area contributed by atoms with E-state index in [1.54, 1.807) is 18.2 Å². The molecule has 0 amide bonds. The molecule has 2 aromatic carbocycles. The summed E-state index contributed by atoms with van der Waals surface area (Å²) in [4.78, 5) is 0. The first-order chi connectivity index (χ1) is 10.5. The van der Waals surface area contributed by atoms with Crippen LogP contribution in [0.2, 0.25) is 0 Å². The summed E-state index contributed by atoms with van der Waals surface area (Å²) in [7, 11) is 0. The van der Waals surface area contributed by atoms with Crippen LogP contribution in [0, 0.1) is 12.7 Å². The fraction of sp³-hybridized carbons (Fsp3) is 0.250. The fourth-order valence-corrected chi connectivity index (χ4v) is 2.61. The van der Waals surface area contributed by atoms with E-state index in [9.17, 15) is 14.6 Å². The Hall–Kier alpha value is -2.31. The maximum absolute atomic E-state index is 13.4. The van der Waals surface area contributed by atoms with Crippen LogP contribution < -0.4 is 16.2 Å². The largest absolute Gasteiger partial charge is 0.508 e. The zero-order valence-corrected chi connectivity index (χ0v) is 12.1. The van der Waals surface area contributed by atoms with Gasteiger partial charge in [-0.1, -0.05) is 6.07 Å². The summed E-state index contributed by atoms with van der Waals surface area (Å²) >= 11 is 0. The van der Waals surface area contributed by atoms with Crippen molar-refractivity contribution in [2.24, 2.45) is 0 Å². The predicted molar refractivity (Wildman–Crippen MR) is 81.9 cm³/mol. The molecule has 1 fully saturated rings. The Morgan fingerprint density at radius 3 is 2.68 bits per heavy atom. The molecule has 22 heavy (non-hydrogen) atoms. The summed E-state index contributed by atoms with van der Waals surface area (Å²) < 4.78 is 13.4. The van der Waals surface area contributed by atoms with Gasteiger partial charge in [-0.2, -0.15) is 0 Å². The van der Waals surface area contributed by atoms with Crippen LogP contribution in [0.25, 0.3) is 0 Å². The molecular formula is C16H18FN3O2. The van der Waals surface area contributed by atoms with Crippen LogP contribution in [-0.4, -0.2) is 16.4 Å². The first kappa shape index (κ1) is 14.6. The highest BCUT2D eigenvalue weighted by Crippen LogP contribution is 2.27. The summed E-state index contributed by atoms with van der Waals surface area (Å²) in [5, 5.41) is 22.0. The average Bonchev–Trinajstić information content (AvgIpc) is 2.93. The van der Waals surface area contributed by atoms with E-state index < -0.39 is 5.82 Å². The summed E-state index contributed by atoms with van der Waals surface area (Å²) in [5.74, 6) is -0.729. The van der Waals surface area contributed by atoms with Gasteiger partial charge in [-0.25, -0.2) is 15.2 Å². The number of hydrazine groups is 1. The Bertz CT molecular complexity index is 693. The Balaban J connectivity index is 1.68. The van der Waals surface area contributed by atoms with Crippen LogP contribution in [-0.2, 0) is 0 Å². The topological polar surface area (TPSA) is 76.5 Å². The van der Waals surface area contributed by atoms with Crippen molar-refractivity contribution in [3.05, 3.63) is 53.3 Å². The highest BCUT2D eigenvalue weighted by Gasteiger charge is 2.25. The van der Waals surface area contributed by atoms with Gasteiger partial charge in [-0.05, 0) is 48.4 Å². The van der Waals surface area contributed by atoms with E-state index in [1.165, 1.54) is 12.1 Å². The number of phenols is 2. The molecule has 1 aliphatic heterocycles. The molecule has 1 heterocycles. The van der Waals surface area contributed by atoms with Crippen molar-refractivity contribution in [2.45, 2.75) is 25.6 Å². The van der Waals surface area contributed by atoms with Crippen molar-refractivity contribution in [3.63, 3.8) is 0 Å². The van der Waals surface area contributed by atoms with Gasteiger partial charge >= 0.3 is 0 Å². The summed E-state index contributed by atoms with van der Waals surface area (Å²) in [5.41, 5.74) is 8.88. The van der Waals surface area contributed by atoms with Gasteiger partial charge < -0.3 is 15.5 Å². The fourth-order valence-electron chi connectivity index (χ4n) is 2.61. The highest BCUT2D eigenvalue weighted by atomic mass is 19.1. The normalized spacial score (nSPS) is 21.0. The number of hydrogen-bond acceptors (Lipinski definition) is 5. The minimum absolute atomic E-state index is 0.0230. The Morgan fingerprint density at radius 1 is 1.14 bits per heavy atom. The third kappa shape index (κ3) is 2.98. The molecule has 2 unspecified atom stereocenters. The molecule has 2 atom stereocenters. The van der Waals surface area contributed by atoms with E-state index in [2.05, 4.69) is 16.2 Å². The van der Waals surface area contributed by atoms with Crippen molar-refractivity contribution >= 4 is 5.69 Å². The number of nitrogens with one attached hydrogen (secondary N) is 3. The van der Waals surface area contributed by atoms with Crippen molar-refractivity contribution < 1.29 is 14.6 Å². The van der Waals surface area contributed by atoms with Gasteiger partial charge in [-0.15, -0.1) is 0 Å². The molecule has 1 saturated heterocycles. The molecule has 0 saturated carbocycles. The summed E-state index contributed by atoms with van der Waals surface area (Å²) in [6.45, 7) is 1.91. The quantitative estimate of drug-likeness (QED) is 0.563. The van der Waals surface area contributed by atoms with Crippen LogP contribution >= 0.6 is 0 Å². The van der Waals surface area contributed by atoms with Gasteiger partial charge in [0.2, 0.25) is 0 Å². The number of rotatable bonds is 3. The average molecular weight is 303 g/mol. The molecule has 0 bridgehead atoms. The zero-order chi connectivity index (χ0) is 15.7. The molecule has 5 nitrogen and oxygen atoms in total. The predicted octanol–water partition coefficient (Wildman–Crippen LogP) is 2.52. The molecule has 116 valence electrons. The van der Waals surface area contributed by atoms with Gasteiger partial charge in [0, 0.05) is 18.2 Å². The number of aromatic hydroxyl groups is 2. The number of phenolic OH excluding ortho intramolecular Hbond substituents is 2. The van der Waals surface area contributed by atoms with Crippen LogP contribution in [0.15, 0.2) is 36.4 Å². The molecule has 2 aromatic rings. The number of hydrogen-bond donors (Lipinski definition) is 5. The second kappa shape index (κ2) is 5.82. The van der Waals surface area contributed by atoms with Gasteiger partial charge in [0.15, 0.2) is 11.6 Å². The second-order valence-electron chi connectivity index (χ2n) is 5.48. The zero-order valence-electron chi connectivity index (χ0n) is 12.1. The lowest BCUT2D eigenvalue weighted by Gasteiger charge is -2.16. The molecule has 6 heteroatoms. The smallest absolute Gasteiger partial charge is 0.165 e. The molecule has 0 aromatic heterocycles. The SMILES string of the molecule is Cc1cc(O)ccc1NC1CC(c2ccc(O)c(F)c2)NN1. The van der Waals surface area contributed by atoms with E-state index in [0.29, 0.717) is 6.42 Å². The second-order valence-corrected chi connectivity index (χ2v) is 5.48. The Morgan fingerprint density at radius 2 is 1.95 bits per heavy atom. The van der Waals surface area contributed by atoms with Crippen molar-refractivity contribution in [2.75, 3.05) is 5.32 Å². The summed E-state index contributed by atoms with van der Waals surface area (Å²) in [6, 6.07) is 9.48. The lowest BCUT2D eigenvalue weighted by atomic mass is 10.0. The van der Waals surface area contributed by atoms with Gasteiger partial charge in [-0.3, -0.25) is 0 Å². The number of aryl methyl sites for hydroxylation is 1. The molecule has 5 N–H and O–H groups in total. The van der Waals surface area contributed by atoms with Crippen molar-refractivity contribution in [3.8, 4) is 11.5 Å². The molecule has 0 spiro atoms. The van der Waals surface area contributed by atoms with Crippen LogP contribution in [0.1, 0.15) is 23.6 Å². The molecule has 3 rings (SSSR count). The Labute approximate surface area is 127 Å². The van der Waals surface area contributed by atoms with E-state index >= 15 is 0 Å². The Kier molecular flexibility index (Phi) is 3.87. The monoisotopic (exact) mass is 303 g/mol. The number of halogens is 1. The van der Waals surface area contributed by atoms with Gasteiger partial charge in [0.05, 0.1) is 6.17 Å². The minimum atomic E-state index is -0.620. The first-order valence-corrected chi connectivity index (χ1v) is 7.08. The van der Waals surface area contributed by atoms with E-state index in [1.807, 2.05) is 13.0 Å². The molecule has 1 aliphatic rings. The summed E-state index contributed by atoms with van der Waals surface area (Å²) in [6.07, 6.45) is 0.690. The third-order valence-corrected chi connectivity index (χ3v) is 3.82. The number of anilines is 1. The standard InChI is InChI=1S/C16H18FN3O2/c1-9-6-11(21)3-4-13(9)18-16-8-14(19-20-16)10-2-5-15(22)12(17)7-10/h2-7,14,16,18-22H,8H2,1H3. The highest BCUT2D eigenvalue weighted by molar-refractivity contribution is 5.54. The van der Waals surface area contributed by atoms with E-state index in [4.69, 9.17) is 0 Å². The third-order valence-electron chi connectivity index (χ3n) is 3.82. The van der Waals surface area contributed by atoms with Crippen LogP contribution in [0.4, 0.5) is 10.1 Å². The molecule has 0 radical (unpaired) electrons. The van der Waals surface area contributed by atoms with Crippen molar-refractivity contribution in [1.29, 1.82) is 0 Å².